The number of morpholine rings is 1. The molecular formula is C15H21ClN2O2S. The minimum absolute atomic E-state index is 0.0224. The average Bonchev–Trinajstić information content (AvgIpc) is 3.05. The SMILES string of the molecule is CC(C)N1CC[C@@H](N2CCO[C@@H](c3ccc(Cl)s3)C2)C1=O. The predicted molar refractivity (Wildman–Crippen MR) is 84.8 cm³/mol. The van der Waals surface area contributed by atoms with E-state index in [1.54, 1.807) is 11.3 Å². The molecule has 2 aliphatic heterocycles. The number of carbonyl (C=O) groups is 1. The van der Waals surface area contributed by atoms with Gasteiger partial charge < -0.3 is 9.64 Å². The first-order valence-electron chi connectivity index (χ1n) is 7.47. The number of hydrogen-bond donors (Lipinski definition) is 0. The fourth-order valence-corrected chi connectivity index (χ4v) is 4.27. The van der Waals surface area contributed by atoms with Gasteiger partial charge in [0.05, 0.1) is 17.0 Å². The van der Waals surface area contributed by atoms with Gasteiger partial charge in [-0.15, -0.1) is 11.3 Å². The van der Waals surface area contributed by atoms with Crippen LogP contribution in [0.5, 0.6) is 0 Å². The maximum absolute atomic E-state index is 12.5. The van der Waals surface area contributed by atoms with Gasteiger partial charge in [0, 0.05) is 30.6 Å². The maximum atomic E-state index is 12.5. The van der Waals surface area contributed by atoms with Gasteiger partial charge in [-0.1, -0.05) is 11.6 Å². The third-order valence-corrected chi connectivity index (χ3v) is 5.61. The van der Waals surface area contributed by atoms with Gasteiger partial charge in [-0.05, 0) is 32.4 Å². The van der Waals surface area contributed by atoms with Crippen LogP contribution in [0.25, 0.3) is 0 Å². The van der Waals surface area contributed by atoms with Crippen molar-refractivity contribution in [3.05, 3.63) is 21.3 Å². The molecule has 116 valence electrons. The number of carbonyl (C=O) groups excluding carboxylic acids is 1. The molecule has 1 aromatic heterocycles. The summed E-state index contributed by atoms with van der Waals surface area (Å²) in [6, 6.07) is 4.24. The summed E-state index contributed by atoms with van der Waals surface area (Å²) in [6.07, 6.45) is 0.965. The lowest BCUT2D eigenvalue weighted by atomic mass is 10.1. The number of amides is 1. The molecule has 1 aromatic rings. The van der Waals surface area contributed by atoms with Gasteiger partial charge in [0.1, 0.15) is 6.10 Å². The van der Waals surface area contributed by atoms with Gasteiger partial charge in [-0.25, -0.2) is 0 Å². The monoisotopic (exact) mass is 328 g/mol. The maximum Gasteiger partial charge on any atom is 0.240 e. The molecule has 0 saturated carbocycles. The lowest BCUT2D eigenvalue weighted by Gasteiger charge is -2.35. The van der Waals surface area contributed by atoms with Crippen molar-refractivity contribution in [2.24, 2.45) is 0 Å². The summed E-state index contributed by atoms with van der Waals surface area (Å²) in [4.78, 5) is 17.9. The van der Waals surface area contributed by atoms with Crippen molar-refractivity contribution in [2.45, 2.75) is 38.5 Å². The fraction of sp³-hybridized carbons (Fsp3) is 0.667. The first kappa shape index (κ1) is 15.3. The minimum atomic E-state index is 0.0224. The molecule has 0 N–H and O–H groups in total. The van der Waals surface area contributed by atoms with Crippen LogP contribution in [-0.2, 0) is 9.53 Å². The van der Waals surface area contributed by atoms with Crippen molar-refractivity contribution in [1.29, 1.82) is 0 Å². The molecule has 6 heteroatoms. The molecule has 0 spiro atoms. The zero-order valence-electron chi connectivity index (χ0n) is 12.4. The zero-order valence-corrected chi connectivity index (χ0v) is 14.0. The van der Waals surface area contributed by atoms with Crippen LogP contribution in [0.2, 0.25) is 4.34 Å². The molecule has 2 atom stereocenters. The molecule has 0 unspecified atom stereocenters. The minimum Gasteiger partial charge on any atom is -0.370 e. The molecule has 0 bridgehead atoms. The Labute approximate surface area is 134 Å². The summed E-state index contributed by atoms with van der Waals surface area (Å²) in [6.45, 7) is 7.31. The third kappa shape index (κ3) is 3.11. The summed E-state index contributed by atoms with van der Waals surface area (Å²) in [7, 11) is 0. The van der Waals surface area contributed by atoms with E-state index in [0.717, 1.165) is 35.3 Å². The van der Waals surface area contributed by atoms with Crippen molar-refractivity contribution in [3.8, 4) is 0 Å². The molecule has 3 heterocycles. The highest BCUT2D eigenvalue weighted by molar-refractivity contribution is 7.16. The van der Waals surface area contributed by atoms with Crippen LogP contribution >= 0.6 is 22.9 Å². The number of rotatable bonds is 3. The second-order valence-electron chi connectivity index (χ2n) is 5.93. The van der Waals surface area contributed by atoms with Crippen LogP contribution in [-0.4, -0.2) is 54.0 Å². The van der Waals surface area contributed by atoms with Gasteiger partial charge in [0.25, 0.3) is 0 Å². The van der Waals surface area contributed by atoms with E-state index in [0.29, 0.717) is 6.61 Å². The summed E-state index contributed by atoms with van der Waals surface area (Å²) < 4.78 is 6.65. The van der Waals surface area contributed by atoms with Crippen molar-refractivity contribution >= 4 is 28.8 Å². The molecule has 2 fully saturated rings. The van der Waals surface area contributed by atoms with E-state index in [9.17, 15) is 4.79 Å². The highest BCUT2D eigenvalue weighted by atomic mass is 35.5. The van der Waals surface area contributed by atoms with Crippen molar-refractivity contribution in [3.63, 3.8) is 0 Å². The average molecular weight is 329 g/mol. The number of hydrogen-bond acceptors (Lipinski definition) is 4. The topological polar surface area (TPSA) is 32.8 Å². The standard InChI is InChI=1S/C15H21ClN2O2S/c1-10(2)18-6-5-11(15(18)19)17-7-8-20-12(9-17)13-3-4-14(16)21-13/h3-4,10-12H,5-9H2,1-2H3/t11-,12-/m1/s1. The van der Waals surface area contributed by atoms with Crippen LogP contribution in [0.1, 0.15) is 31.2 Å². The second-order valence-corrected chi connectivity index (χ2v) is 7.67. The van der Waals surface area contributed by atoms with E-state index in [1.807, 2.05) is 17.0 Å². The van der Waals surface area contributed by atoms with E-state index in [2.05, 4.69) is 18.7 Å². The van der Waals surface area contributed by atoms with Crippen LogP contribution < -0.4 is 0 Å². The van der Waals surface area contributed by atoms with E-state index in [1.165, 1.54) is 0 Å². The van der Waals surface area contributed by atoms with Crippen LogP contribution in [0.15, 0.2) is 12.1 Å². The third-order valence-electron chi connectivity index (χ3n) is 4.28. The molecule has 1 amide bonds. The quantitative estimate of drug-likeness (QED) is 0.855. The van der Waals surface area contributed by atoms with Gasteiger partial charge in [0.15, 0.2) is 0 Å². The Morgan fingerprint density at radius 3 is 2.81 bits per heavy atom. The molecule has 0 aromatic carbocycles. The smallest absolute Gasteiger partial charge is 0.240 e. The second kappa shape index (κ2) is 6.24. The number of ether oxygens (including phenoxy) is 1. The summed E-state index contributed by atoms with van der Waals surface area (Å²) >= 11 is 7.57. The molecule has 0 radical (unpaired) electrons. The summed E-state index contributed by atoms with van der Waals surface area (Å²) in [5.74, 6) is 0.273. The molecule has 2 saturated heterocycles. The number of nitrogens with zero attached hydrogens (tertiary/aromatic N) is 2. The number of thiophene rings is 1. The zero-order chi connectivity index (χ0) is 15.0. The highest BCUT2D eigenvalue weighted by Gasteiger charge is 2.39. The van der Waals surface area contributed by atoms with Gasteiger partial charge >= 0.3 is 0 Å². The van der Waals surface area contributed by atoms with E-state index < -0.39 is 0 Å². The van der Waals surface area contributed by atoms with Crippen LogP contribution in [0.4, 0.5) is 0 Å². The Bertz CT molecular complexity index is 520. The first-order valence-corrected chi connectivity index (χ1v) is 8.67. The lowest BCUT2D eigenvalue weighted by molar-refractivity contribution is -0.136. The summed E-state index contributed by atoms with van der Waals surface area (Å²) in [5, 5.41) is 0. The van der Waals surface area contributed by atoms with Gasteiger partial charge in [-0.3, -0.25) is 9.69 Å². The van der Waals surface area contributed by atoms with E-state index in [-0.39, 0.29) is 24.1 Å². The van der Waals surface area contributed by atoms with Gasteiger partial charge in [-0.2, -0.15) is 0 Å². The number of halogens is 1. The Kier molecular flexibility index (Phi) is 4.54. The summed E-state index contributed by atoms with van der Waals surface area (Å²) in [5.41, 5.74) is 0. The predicted octanol–water partition coefficient (Wildman–Crippen LogP) is 2.78. The Hall–Kier alpha value is -0.620. The van der Waals surface area contributed by atoms with Crippen LogP contribution in [0.3, 0.4) is 0 Å². The van der Waals surface area contributed by atoms with Crippen molar-refractivity contribution < 1.29 is 9.53 Å². The normalized spacial score (nSPS) is 27.8. The van der Waals surface area contributed by atoms with E-state index >= 15 is 0 Å². The Balaban J connectivity index is 1.68. The first-order chi connectivity index (χ1) is 10.1. The molecule has 0 aliphatic carbocycles. The van der Waals surface area contributed by atoms with Crippen molar-refractivity contribution in [2.75, 3.05) is 26.2 Å². The fourth-order valence-electron chi connectivity index (χ4n) is 3.16. The van der Waals surface area contributed by atoms with Crippen LogP contribution in [0, 0.1) is 0 Å². The van der Waals surface area contributed by atoms with Gasteiger partial charge in [0.2, 0.25) is 5.91 Å². The molecule has 21 heavy (non-hydrogen) atoms. The Morgan fingerprint density at radius 1 is 1.38 bits per heavy atom. The van der Waals surface area contributed by atoms with Crippen molar-refractivity contribution in [1.82, 2.24) is 9.80 Å². The highest BCUT2D eigenvalue weighted by Crippen LogP contribution is 2.32. The van der Waals surface area contributed by atoms with E-state index in [4.69, 9.17) is 16.3 Å². The Morgan fingerprint density at radius 2 is 2.19 bits per heavy atom. The molecule has 3 rings (SSSR count). The molecular weight excluding hydrogens is 308 g/mol. The molecule has 2 aliphatic rings. The lowest BCUT2D eigenvalue weighted by Crippen LogP contribution is -2.48. The molecule has 4 nitrogen and oxygen atoms in total. The number of likely N-dealkylation sites (tertiary alicyclic amines) is 1. The largest absolute Gasteiger partial charge is 0.370 e.